The summed E-state index contributed by atoms with van der Waals surface area (Å²) in [6.45, 7) is 0. The number of nitrogens with one attached hydrogen (secondary N) is 1. The minimum absolute atomic E-state index is 0.494. The highest BCUT2D eigenvalue weighted by Crippen LogP contribution is 2.32. The van der Waals surface area contributed by atoms with Crippen LogP contribution in [-0.4, -0.2) is 17.0 Å². The number of hydrogen-bond donors (Lipinski definition) is 2. The molecule has 0 amide bonds. The zero-order valence-corrected chi connectivity index (χ0v) is 11.7. The zero-order valence-electron chi connectivity index (χ0n) is 10.1. The molecule has 19 heavy (non-hydrogen) atoms. The molecular weight excluding hydrogens is 308 g/mol. The van der Waals surface area contributed by atoms with Gasteiger partial charge in [-0.05, 0) is 34.1 Å². The second kappa shape index (κ2) is 5.65. The summed E-state index contributed by atoms with van der Waals surface area (Å²) in [4.78, 5) is 10.0. The first kappa shape index (κ1) is 13.3. The summed E-state index contributed by atoms with van der Waals surface area (Å²) in [5.74, 6) is 6.52. The maximum Gasteiger partial charge on any atom is 0.159 e. The minimum Gasteiger partial charge on any atom is -0.328 e. The maximum absolute atomic E-state index is 8.92. The minimum atomic E-state index is 0.494. The molecule has 2 aromatic rings. The molecule has 3 N–H and O–H groups in total. The van der Waals surface area contributed by atoms with Gasteiger partial charge in [-0.1, -0.05) is 6.07 Å². The Labute approximate surface area is 119 Å². The quantitative estimate of drug-likeness (QED) is 0.665. The van der Waals surface area contributed by atoms with Crippen molar-refractivity contribution in [2.75, 3.05) is 17.4 Å². The van der Waals surface area contributed by atoms with Crippen molar-refractivity contribution in [1.82, 2.24) is 9.97 Å². The van der Waals surface area contributed by atoms with E-state index in [9.17, 15) is 0 Å². The summed E-state index contributed by atoms with van der Waals surface area (Å²) in [5, 5.41) is 8.92. The van der Waals surface area contributed by atoms with Gasteiger partial charge in [0, 0.05) is 12.7 Å². The fraction of sp³-hybridized carbons (Fsp3) is 0.0833. The number of aromatic nitrogens is 2. The van der Waals surface area contributed by atoms with Gasteiger partial charge in [-0.2, -0.15) is 5.26 Å². The number of nitrogens with two attached hydrogens (primary N) is 1. The van der Waals surface area contributed by atoms with Gasteiger partial charge >= 0.3 is 0 Å². The molecule has 0 aliphatic rings. The van der Waals surface area contributed by atoms with Gasteiger partial charge in [0.25, 0.3) is 0 Å². The van der Waals surface area contributed by atoms with Crippen LogP contribution >= 0.6 is 15.9 Å². The second-order valence-electron chi connectivity index (χ2n) is 3.73. The highest BCUT2D eigenvalue weighted by molar-refractivity contribution is 9.10. The summed E-state index contributed by atoms with van der Waals surface area (Å²) < 4.78 is 0.655. The fourth-order valence-corrected chi connectivity index (χ4v) is 2.19. The lowest BCUT2D eigenvalue weighted by Crippen LogP contribution is -2.15. The highest BCUT2D eigenvalue weighted by Gasteiger charge is 2.13. The van der Waals surface area contributed by atoms with Crippen molar-refractivity contribution in [3.05, 3.63) is 40.6 Å². The predicted octanol–water partition coefficient (Wildman–Crippen LogP) is 2.16. The number of nitrogen functional groups attached to an aromatic ring is 1. The van der Waals surface area contributed by atoms with E-state index < -0.39 is 0 Å². The number of hydrogen-bond acceptors (Lipinski definition) is 6. The molecule has 1 heterocycles. The molecule has 0 spiro atoms. The lowest BCUT2D eigenvalue weighted by Gasteiger charge is -2.20. The van der Waals surface area contributed by atoms with Gasteiger partial charge in [-0.15, -0.1) is 0 Å². The van der Waals surface area contributed by atoms with Crippen LogP contribution in [-0.2, 0) is 0 Å². The van der Waals surface area contributed by atoms with Gasteiger partial charge in [0.15, 0.2) is 11.6 Å². The third-order valence-corrected chi connectivity index (χ3v) is 3.32. The summed E-state index contributed by atoms with van der Waals surface area (Å²) in [5.41, 5.74) is 3.93. The van der Waals surface area contributed by atoms with Crippen LogP contribution in [0.4, 0.5) is 17.3 Å². The zero-order chi connectivity index (χ0) is 13.8. The number of halogens is 1. The molecular formula is C12H11BrN6. The topological polar surface area (TPSA) is 90.9 Å². The number of nitrogens with zero attached hydrogens (tertiary/aromatic N) is 4. The van der Waals surface area contributed by atoms with Gasteiger partial charge in [-0.25, -0.2) is 15.8 Å². The van der Waals surface area contributed by atoms with Gasteiger partial charge in [0.05, 0.1) is 11.6 Å². The smallest absolute Gasteiger partial charge is 0.159 e. The lowest BCUT2D eigenvalue weighted by atomic mass is 10.2. The first-order valence-electron chi connectivity index (χ1n) is 5.38. The Balaban J connectivity index is 2.44. The normalized spacial score (nSPS) is 9.79. The van der Waals surface area contributed by atoms with Crippen molar-refractivity contribution in [2.45, 2.75) is 0 Å². The molecule has 0 fully saturated rings. The molecule has 0 atom stereocenters. The molecule has 0 saturated heterocycles. The van der Waals surface area contributed by atoms with Crippen LogP contribution in [0.1, 0.15) is 5.56 Å². The first-order chi connectivity index (χ1) is 9.17. The lowest BCUT2D eigenvalue weighted by molar-refractivity contribution is 1.06. The summed E-state index contributed by atoms with van der Waals surface area (Å²) in [7, 11) is 1.85. The molecule has 0 unspecified atom stereocenters. The van der Waals surface area contributed by atoms with E-state index >= 15 is 0 Å². The third kappa shape index (κ3) is 2.65. The largest absolute Gasteiger partial charge is 0.328 e. The van der Waals surface area contributed by atoms with Crippen LogP contribution in [0.3, 0.4) is 0 Å². The van der Waals surface area contributed by atoms with Crippen molar-refractivity contribution in [3.63, 3.8) is 0 Å². The summed E-state index contributed by atoms with van der Waals surface area (Å²) in [6, 6.07) is 9.35. The van der Waals surface area contributed by atoms with Gasteiger partial charge in [0.1, 0.15) is 10.8 Å². The van der Waals surface area contributed by atoms with Crippen molar-refractivity contribution in [2.24, 2.45) is 5.84 Å². The predicted molar refractivity (Wildman–Crippen MR) is 76.8 cm³/mol. The molecule has 0 radical (unpaired) electrons. The molecule has 6 nitrogen and oxygen atoms in total. The molecule has 0 bridgehead atoms. The SMILES string of the molecule is CN(c1cccc(C#N)c1)c1ncnc(NN)c1Br. The van der Waals surface area contributed by atoms with Gasteiger partial charge < -0.3 is 10.3 Å². The first-order valence-corrected chi connectivity index (χ1v) is 6.17. The Bertz CT molecular complexity index is 636. The molecule has 0 saturated carbocycles. The molecule has 1 aromatic heterocycles. The average molecular weight is 319 g/mol. The number of anilines is 3. The van der Waals surface area contributed by atoms with E-state index in [1.807, 2.05) is 24.1 Å². The highest BCUT2D eigenvalue weighted by atomic mass is 79.9. The molecule has 1 aromatic carbocycles. The number of rotatable bonds is 3. The average Bonchev–Trinajstić information content (AvgIpc) is 2.47. The molecule has 96 valence electrons. The maximum atomic E-state index is 8.92. The number of nitriles is 1. The summed E-state index contributed by atoms with van der Waals surface area (Å²) in [6.07, 6.45) is 1.42. The Kier molecular flexibility index (Phi) is 3.94. The van der Waals surface area contributed by atoms with E-state index in [1.54, 1.807) is 12.1 Å². The van der Waals surface area contributed by atoms with Crippen LogP contribution in [0, 0.1) is 11.3 Å². The second-order valence-corrected chi connectivity index (χ2v) is 4.52. The Morgan fingerprint density at radius 2 is 2.21 bits per heavy atom. The standard InChI is InChI=1S/C12H11BrN6/c1-19(9-4-2-3-8(5-9)6-14)12-10(13)11(18-15)16-7-17-12/h2-5,7H,15H2,1H3,(H,16,17,18). The molecule has 0 aliphatic heterocycles. The molecule has 7 heteroatoms. The van der Waals surface area contributed by atoms with Gasteiger partial charge in [0.2, 0.25) is 0 Å². The van der Waals surface area contributed by atoms with E-state index in [0.29, 0.717) is 21.7 Å². The Hall–Kier alpha value is -2.17. The van der Waals surface area contributed by atoms with Crippen LogP contribution in [0.2, 0.25) is 0 Å². The van der Waals surface area contributed by atoms with E-state index in [1.165, 1.54) is 6.33 Å². The molecule has 2 rings (SSSR count). The van der Waals surface area contributed by atoms with E-state index in [0.717, 1.165) is 5.69 Å². The van der Waals surface area contributed by atoms with Crippen LogP contribution < -0.4 is 16.2 Å². The van der Waals surface area contributed by atoms with E-state index in [4.69, 9.17) is 11.1 Å². The number of hydrazine groups is 1. The third-order valence-electron chi connectivity index (χ3n) is 2.59. The Morgan fingerprint density at radius 3 is 2.89 bits per heavy atom. The van der Waals surface area contributed by atoms with E-state index in [-0.39, 0.29) is 0 Å². The number of benzene rings is 1. The van der Waals surface area contributed by atoms with Crippen molar-refractivity contribution >= 4 is 33.3 Å². The monoisotopic (exact) mass is 318 g/mol. The van der Waals surface area contributed by atoms with Crippen molar-refractivity contribution in [1.29, 1.82) is 5.26 Å². The van der Waals surface area contributed by atoms with Crippen LogP contribution in [0.5, 0.6) is 0 Å². The Morgan fingerprint density at radius 1 is 1.42 bits per heavy atom. The molecule has 0 aliphatic carbocycles. The van der Waals surface area contributed by atoms with Crippen LogP contribution in [0.15, 0.2) is 35.1 Å². The summed E-state index contributed by atoms with van der Waals surface area (Å²) >= 11 is 3.40. The van der Waals surface area contributed by atoms with Crippen LogP contribution in [0.25, 0.3) is 0 Å². The fourth-order valence-electron chi connectivity index (χ4n) is 1.60. The van der Waals surface area contributed by atoms with E-state index in [2.05, 4.69) is 37.4 Å². The van der Waals surface area contributed by atoms with Crippen molar-refractivity contribution in [3.8, 4) is 6.07 Å². The van der Waals surface area contributed by atoms with Gasteiger partial charge in [-0.3, -0.25) is 0 Å². The van der Waals surface area contributed by atoms with Crippen molar-refractivity contribution < 1.29 is 0 Å².